The lowest BCUT2D eigenvalue weighted by molar-refractivity contribution is -0.132. The molecule has 0 unspecified atom stereocenters. The van der Waals surface area contributed by atoms with Crippen LogP contribution in [-0.4, -0.2) is 41.0 Å². The summed E-state index contributed by atoms with van der Waals surface area (Å²) in [4.78, 5) is 26.2. The van der Waals surface area contributed by atoms with Crippen LogP contribution in [0.15, 0.2) is 48.5 Å². The minimum atomic E-state index is -0.390. The van der Waals surface area contributed by atoms with Gasteiger partial charge in [0.15, 0.2) is 0 Å². The van der Waals surface area contributed by atoms with Gasteiger partial charge in [-0.3, -0.25) is 9.59 Å². The Bertz CT molecular complexity index is 767. The molecule has 0 atom stereocenters. The summed E-state index contributed by atoms with van der Waals surface area (Å²) in [6, 6.07) is 12.4. The number of amides is 2. The van der Waals surface area contributed by atoms with Gasteiger partial charge in [0.1, 0.15) is 5.82 Å². The minimum Gasteiger partial charge on any atom is -0.393 e. The Hall–Kier alpha value is -2.73. The van der Waals surface area contributed by atoms with Gasteiger partial charge >= 0.3 is 0 Å². The van der Waals surface area contributed by atoms with Crippen molar-refractivity contribution in [2.45, 2.75) is 25.4 Å². The number of anilines is 1. The summed E-state index contributed by atoms with van der Waals surface area (Å²) in [6.45, 7) is 1.18. The lowest BCUT2D eigenvalue weighted by Gasteiger charge is -2.29. The zero-order chi connectivity index (χ0) is 18.5. The molecule has 1 saturated heterocycles. The molecule has 26 heavy (non-hydrogen) atoms. The lowest BCUT2D eigenvalue weighted by atomic mass is 10.1. The average Bonchev–Trinajstić information content (AvgIpc) is 2.64. The molecule has 0 spiro atoms. The van der Waals surface area contributed by atoms with Gasteiger partial charge in [-0.25, -0.2) is 4.39 Å². The van der Waals surface area contributed by atoms with Crippen LogP contribution < -0.4 is 5.32 Å². The van der Waals surface area contributed by atoms with Gasteiger partial charge < -0.3 is 15.3 Å². The molecule has 1 heterocycles. The van der Waals surface area contributed by atoms with Gasteiger partial charge in [0.2, 0.25) is 5.91 Å². The molecule has 1 aliphatic heterocycles. The van der Waals surface area contributed by atoms with Crippen LogP contribution in [0.3, 0.4) is 0 Å². The monoisotopic (exact) mass is 356 g/mol. The number of nitrogens with one attached hydrogen (secondary N) is 1. The van der Waals surface area contributed by atoms with Gasteiger partial charge in [-0.2, -0.15) is 0 Å². The second-order valence-electron chi connectivity index (χ2n) is 6.45. The fraction of sp³-hybridized carbons (Fsp3) is 0.300. The minimum absolute atomic E-state index is 0.0417. The molecule has 6 heteroatoms. The van der Waals surface area contributed by atoms with Crippen LogP contribution in [0.25, 0.3) is 0 Å². The van der Waals surface area contributed by atoms with E-state index in [0.29, 0.717) is 43.6 Å². The van der Waals surface area contributed by atoms with Gasteiger partial charge in [0, 0.05) is 24.3 Å². The second kappa shape index (κ2) is 8.10. The molecule has 2 N–H and O–H groups in total. The van der Waals surface area contributed by atoms with Crippen molar-refractivity contribution >= 4 is 17.5 Å². The second-order valence-corrected chi connectivity index (χ2v) is 6.45. The highest BCUT2D eigenvalue weighted by molar-refractivity contribution is 6.04. The first-order valence-corrected chi connectivity index (χ1v) is 8.63. The van der Waals surface area contributed by atoms with E-state index >= 15 is 0 Å². The zero-order valence-electron chi connectivity index (χ0n) is 14.3. The molecule has 0 saturated carbocycles. The number of benzene rings is 2. The van der Waals surface area contributed by atoms with E-state index in [2.05, 4.69) is 5.32 Å². The number of hydrogen-bond donors (Lipinski definition) is 2. The van der Waals surface area contributed by atoms with E-state index in [1.54, 1.807) is 29.2 Å². The summed E-state index contributed by atoms with van der Waals surface area (Å²) in [5, 5.41) is 12.2. The summed E-state index contributed by atoms with van der Waals surface area (Å²) >= 11 is 0. The maximum absolute atomic E-state index is 12.9. The van der Waals surface area contributed by atoms with Crippen LogP contribution in [0, 0.1) is 5.82 Å². The van der Waals surface area contributed by atoms with Crippen molar-refractivity contribution in [3.63, 3.8) is 0 Å². The number of nitrogens with zero attached hydrogens (tertiary/aromatic N) is 1. The summed E-state index contributed by atoms with van der Waals surface area (Å²) in [7, 11) is 0. The van der Waals surface area contributed by atoms with E-state index in [4.69, 9.17) is 0 Å². The normalized spacial score (nSPS) is 14.9. The Kier molecular flexibility index (Phi) is 5.63. The predicted molar refractivity (Wildman–Crippen MR) is 96.3 cm³/mol. The van der Waals surface area contributed by atoms with Crippen LogP contribution in [0.4, 0.5) is 10.1 Å². The van der Waals surface area contributed by atoms with E-state index in [-0.39, 0.29) is 17.9 Å². The van der Waals surface area contributed by atoms with Gasteiger partial charge in [0.05, 0.1) is 12.5 Å². The third-order valence-corrected chi connectivity index (χ3v) is 4.49. The quantitative estimate of drug-likeness (QED) is 0.885. The molecule has 0 aromatic heterocycles. The van der Waals surface area contributed by atoms with Crippen molar-refractivity contribution in [2.24, 2.45) is 0 Å². The number of aliphatic hydroxyl groups excluding tert-OH is 1. The first-order chi connectivity index (χ1) is 12.5. The first kappa shape index (κ1) is 18.1. The van der Waals surface area contributed by atoms with Gasteiger partial charge in [-0.1, -0.05) is 12.1 Å². The van der Waals surface area contributed by atoms with E-state index in [1.165, 1.54) is 24.3 Å². The SMILES string of the molecule is O=C(Nc1ccc(CC(=O)N2CCC(O)CC2)cc1)c1ccc(F)cc1. The third kappa shape index (κ3) is 4.67. The highest BCUT2D eigenvalue weighted by Gasteiger charge is 2.21. The number of aliphatic hydroxyl groups is 1. The maximum Gasteiger partial charge on any atom is 0.255 e. The van der Waals surface area contributed by atoms with Crippen LogP contribution in [0.1, 0.15) is 28.8 Å². The predicted octanol–water partition coefficient (Wildman–Crippen LogP) is 2.60. The molecular weight excluding hydrogens is 335 g/mol. The Balaban J connectivity index is 1.55. The van der Waals surface area contributed by atoms with E-state index in [9.17, 15) is 19.1 Å². The van der Waals surface area contributed by atoms with Crippen molar-refractivity contribution in [1.82, 2.24) is 4.90 Å². The number of carbonyl (C=O) groups is 2. The first-order valence-electron chi connectivity index (χ1n) is 8.63. The van der Waals surface area contributed by atoms with Gasteiger partial charge in [0.25, 0.3) is 5.91 Å². The molecule has 2 amide bonds. The average molecular weight is 356 g/mol. The molecule has 0 bridgehead atoms. The molecule has 1 fully saturated rings. The number of carbonyl (C=O) groups excluding carboxylic acids is 2. The molecule has 1 aliphatic rings. The molecule has 2 aromatic carbocycles. The topological polar surface area (TPSA) is 69.6 Å². The third-order valence-electron chi connectivity index (χ3n) is 4.49. The van der Waals surface area contributed by atoms with Crippen molar-refractivity contribution in [2.75, 3.05) is 18.4 Å². The standard InChI is InChI=1S/C20H21FN2O3/c21-16-5-3-15(4-6-16)20(26)22-17-7-1-14(2-8-17)13-19(25)23-11-9-18(24)10-12-23/h1-8,18,24H,9-13H2,(H,22,26). The molecule has 2 aromatic rings. The molecule has 3 rings (SSSR count). The number of hydrogen-bond acceptors (Lipinski definition) is 3. The molecule has 136 valence electrons. The Morgan fingerprint density at radius 1 is 1.04 bits per heavy atom. The molecule has 0 aliphatic carbocycles. The molecular formula is C20H21FN2O3. The molecule has 5 nitrogen and oxygen atoms in total. The maximum atomic E-state index is 12.9. The fourth-order valence-corrected chi connectivity index (χ4v) is 2.91. The molecule has 0 radical (unpaired) electrons. The fourth-order valence-electron chi connectivity index (χ4n) is 2.91. The lowest BCUT2D eigenvalue weighted by Crippen LogP contribution is -2.40. The van der Waals surface area contributed by atoms with Crippen LogP contribution in [0.5, 0.6) is 0 Å². The number of piperidine rings is 1. The van der Waals surface area contributed by atoms with E-state index in [0.717, 1.165) is 5.56 Å². The summed E-state index contributed by atoms with van der Waals surface area (Å²) in [6.07, 6.45) is 1.24. The summed E-state index contributed by atoms with van der Waals surface area (Å²) in [5.41, 5.74) is 1.84. The summed E-state index contributed by atoms with van der Waals surface area (Å²) < 4.78 is 12.9. The Morgan fingerprint density at radius 2 is 1.65 bits per heavy atom. The highest BCUT2D eigenvalue weighted by atomic mass is 19.1. The number of halogens is 1. The number of rotatable bonds is 4. The van der Waals surface area contributed by atoms with Crippen molar-refractivity contribution < 1.29 is 19.1 Å². The van der Waals surface area contributed by atoms with Crippen molar-refractivity contribution in [1.29, 1.82) is 0 Å². The largest absolute Gasteiger partial charge is 0.393 e. The van der Waals surface area contributed by atoms with Crippen LogP contribution in [-0.2, 0) is 11.2 Å². The summed E-state index contributed by atoms with van der Waals surface area (Å²) in [5.74, 6) is -0.667. The van der Waals surface area contributed by atoms with E-state index in [1.807, 2.05) is 0 Å². The van der Waals surface area contributed by atoms with Gasteiger partial charge in [-0.05, 0) is 54.8 Å². The smallest absolute Gasteiger partial charge is 0.255 e. The van der Waals surface area contributed by atoms with Gasteiger partial charge in [-0.15, -0.1) is 0 Å². The zero-order valence-corrected chi connectivity index (χ0v) is 14.3. The van der Waals surface area contributed by atoms with Crippen molar-refractivity contribution in [3.05, 3.63) is 65.5 Å². The number of likely N-dealkylation sites (tertiary alicyclic amines) is 1. The highest BCUT2D eigenvalue weighted by Crippen LogP contribution is 2.15. The van der Waals surface area contributed by atoms with Crippen LogP contribution in [0.2, 0.25) is 0 Å². The van der Waals surface area contributed by atoms with Crippen molar-refractivity contribution in [3.8, 4) is 0 Å². The Morgan fingerprint density at radius 3 is 2.27 bits per heavy atom. The van der Waals surface area contributed by atoms with Crippen LogP contribution >= 0.6 is 0 Å². The Labute approximate surface area is 151 Å². The van der Waals surface area contributed by atoms with E-state index < -0.39 is 5.82 Å².